The van der Waals surface area contributed by atoms with Crippen molar-refractivity contribution in [3.05, 3.63) is 77.9 Å². The van der Waals surface area contributed by atoms with Crippen molar-refractivity contribution < 1.29 is 24.8 Å². The molecule has 7 heteroatoms. The van der Waals surface area contributed by atoms with Crippen LogP contribution in [-0.2, 0) is 0 Å². The summed E-state index contributed by atoms with van der Waals surface area (Å²) < 4.78 is 12.5. The molecule has 2 heterocycles. The summed E-state index contributed by atoms with van der Waals surface area (Å²) in [5.74, 6) is 2.68. The fourth-order valence-electron chi connectivity index (χ4n) is 4.96. The van der Waals surface area contributed by atoms with E-state index in [4.69, 9.17) is 14.6 Å². The average Bonchev–Trinajstić information content (AvgIpc) is 2.90. The molecule has 2 atom stereocenters. The normalized spacial score (nSPS) is 20.5. The maximum atomic E-state index is 9.95. The molecule has 2 aliphatic rings. The van der Waals surface area contributed by atoms with Crippen LogP contribution >= 0.6 is 11.8 Å². The molecule has 190 valence electrons. The number of aliphatic hydroxyl groups is 1. The molecule has 2 aliphatic heterocycles. The second-order valence-corrected chi connectivity index (χ2v) is 10.7. The van der Waals surface area contributed by atoms with Crippen LogP contribution in [-0.4, -0.2) is 53.1 Å². The SMILES string of the molecule is OCCC1CCN(CCOc2ccc(C3Oc4ccc(O)cc4SC3c3ccc(O)cc3)cc2)CC1. The number of piperidine rings is 1. The average molecular weight is 508 g/mol. The van der Waals surface area contributed by atoms with E-state index >= 15 is 0 Å². The lowest BCUT2D eigenvalue weighted by Gasteiger charge is -2.34. The zero-order chi connectivity index (χ0) is 24.9. The Balaban J connectivity index is 1.24. The highest BCUT2D eigenvalue weighted by molar-refractivity contribution is 7.99. The second-order valence-electron chi connectivity index (χ2n) is 9.51. The number of aliphatic hydroxyl groups excluding tert-OH is 1. The molecule has 0 bridgehead atoms. The van der Waals surface area contributed by atoms with Gasteiger partial charge in [0.15, 0.2) is 0 Å². The van der Waals surface area contributed by atoms with Crippen LogP contribution in [0.3, 0.4) is 0 Å². The molecule has 0 spiro atoms. The monoisotopic (exact) mass is 507 g/mol. The van der Waals surface area contributed by atoms with E-state index in [1.54, 1.807) is 36.0 Å². The highest BCUT2D eigenvalue weighted by atomic mass is 32.2. The van der Waals surface area contributed by atoms with Gasteiger partial charge in [0.25, 0.3) is 0 Å². The number of thioether (sulfide) groups is 1. The highest BCUT2D eigenvalue weighted by Gasteiger charge is 2.33. The maximum absolute atomic E-state index is 9.95. The van der Waals surface area contributed by atoms with Crippen molar-refractivity contribution in [1.29, 1.82) is 0 Å². The van der Waals surface area contributed by atoms with Crippen molar-refractivity contribution in [3.8, 4) is 23.0 Å². The number of hydrogen-bond acceptors (Lipinski definition) is 7. The van der Waals surface area contributed by atoms with E-state index in [1.807, 2.05) is 30.3 Å². The van der Waals surface area contributed by atoms with E-state index in [1.165, 1.54) is 0 Å². The van der Waals surface area contributed by atoms with Crippen LogP contribution in [0.25, 0.3) is 0 Å². The number of rotatable bonds is 8. The Bertz CT molecular complexity index is 1130. The second kappa shape index (κ2) is 11.5. The number of likely N-dealkylation sites (tertiary alicyclic amines) is 1. The van der Waals surface area contributed by atoms with E-state index in [9.17, 15) is 10.2 Å². The van der Waals surface area contributed by atoms with Crippen molar-refractivity contribution in [2.24, 2.45) is 5.92 Å². The summed E-state index contributed by atoms with van der Waals surface area (Å²) in [5, 5.41) is 28.8. The standard InChI is InChI=1S/C29H33NO5S/c31-17-13-20-11-14-30(15-12-20)16-18-34-25-8-3-21(4-9-25)28-29(22-1-5-23(32)6-2-22)36-27-19-24(33)7-10-26(27)35-28/h1-10,19-20,28-29,31-33H,11-18H2. The molecular weight excluding hydrogens is 474 g/mol. The molecule has 3 aromatic carbocycles. The molecule has 3 aromatic rings. The Morgan fingerprint density at radius 2 is 1.58 bits per heavy atom. The largest absolute Gasteiger partial charge is 0.508 e. The Hall–Kier alpha value is -2.87. The molecular formula is C29H33NO5S. The van der Waals surface area contributed by atoms with Gasteiger partial charge in [-0.3, -0.25) is 4.90 Å². The van der Waals surface area contributed by atoms with E-state index < -0.39 is 0 Å². The first-order valence-electron chi connectivity index (χ1n) is 12.6. The van der Waals surface area contributed by atoms with Crippen LogP contribution < -0.4 is 9.47 Å². The van der Waals surface area contributed by atoms with Crippen molar-refractivity contribution in [3.63, 3.8) is 0 Å². The topological polar surface area (TPSA) is 82.4 Å². The minimum absolute atomic E-state index is 0.0413. The van der Waals surface area contributed by atoms with Gasteiger partial charge in [0, 0.05) is 13.2 Å². The fraction of sp³-hybridized carbons (Fsp3) is 0.379. The predicted molar refractivity (Wildman–Crippen MR) is 141 cm³/mol. The van der Waals surface area contributed by atoms with E-state index in [0.29, 0.717) is 19.1 Å². The molecule has 5 rings (SSSR count). The zero-order valence-corrected chi connectivity index (χ0v) is 21.1. The predicted octanol–water partition coefficient (Wildman–Crippen LogP) is 5.54. The summed E-state index contributed by atoms with van der Waals surface area (Å²) in [6.45, 7) is 3.98. The van der Waals surface area contributed by atoms with E-state index in [0.717, 1.165) is 66.4 Å². The number of fused-ring (bicyclic) bond motifs is 1. The number of aromatic hydroxyl groups is 2. The van der Waals surface area contributed by atoms with Gasteiger partial charge >= 0.3 is 0 Å². The van der Waals surface area contributed by atoms with Gasteiger partial charge in [0.1, 0.15) is 35.7 Å². The highest BCUT2D eigenvalue weighted by Crippen LogP contribution is 2.54. The number of benzene rings is 3. The van der Waals surface area contributed by atoms with Crippen LogP contribution in [0.2, 0.25) is 0 Å². The summed E-state index contributed by atoms with van der Waals surface area (Å²) >= 11 is 1.65. The number of hydrogen-bond donors (Lipinski definition) is 3. The van der Waals surface area contributed by atoms with Crippen molar-refractivity contribution in [1.82, 2.24) is 4.90 Å². The summed E-state index contributed by atoms with van der Waals surface area (Å²) in [7, 11) is 0. The van der Waals surface area contributed by atoms with Crippen molar-refractivity contribution in [2.45, 2.75) is 35.5 Å². The van der Waals surface area contributed by atoms with Crippen LogP contribution in [0.4, 0.5) is 0 Å². The van der Waals surface area contributed by atoms with E-state index in [2.05, 4.69) is 17.0 Å². The Kier molecular flexibility index (Phi) is 7.90. The molecule has 1 saturated heterocycles. The number of phenolic OH excluding ortho intramolecular Hbond substituents is 2. The van der Waals surface area contributed by atoms with Gasteiger partial charge in [0.05, 0.1) is 10.1 Å². The summed E-state index contributed by atoms with van der Waals surface area (Å²) in [6, 6.07) is 20.5. The summed E-state index contributed by atoms with van der Waals surface area (Å²) in [5.41, 5.74) is 2.08. The third-order valence-corrected chi connectivity index (χ3v) is 8.41. The van der Waals surface area contributed by atoms with E-state index in [-0.39, 0.29) is 22.9 Å². The van der Waals surface area contributed by atoms with Gasteiger partial charge in [-0.25, -0.2) is 0 Å². The smallest absolute Gasteiger partial charge is 0.140 e. The first-order valence-corrected chi connectivity index (χ1v) is 13.5. The molecule has 6 nitrogen and oxygen atoms in total. The molecule has 0 saturated carbocycles. The van der Waals surface area contributed by atoms with Gasteiger partial charge in [0.2, 0.25) is 0 Å². The van der Waals surface area contributed by atoms with Gasteiger partial charge in [-0.1, -0.05) is 24.3 Å². The minimum atomic E-state index is -0.231. The summed E-state index contributed by atoms with van der Waals surface area (Å²) in [4.78, 5) is 3.33. The molecule has 36 heavy (non-hydrogen) atoms. The lowest BCUT2D eigenvalue weighted by Crippen LogP contribution is -2.36. The zero-order valence-electron chi connectivity index (χ0n) is 20.3. The lowest BCUT2D eigenvalue weighted by molar-refractivity contribution is 0.139. The Morgan fingerprint density at radius 3 is 2.31 bits per heavy atom. The maximum Gasteiger partial charge on any atom is 0.140 e. The molecule has 2 unspecified atom stereocenters. The Labute approximate surface area is 216 Å². The van der Waals surface area contributed by atoms with Crippen LogP contribution in [0, 0.1) is 5.92 Å². The summed E-state index contributed by atoms with van der Waals surface area (Å²) in [6.07, 6.45) is 2.99. The lowest BCUT2D eigenvalue weighted by atomic mass is 9.94. The quantitative estimate of drug-likeness (QED) is 0.369. The fourth-order valence-corrected chi connectivity index (χ4v) is 6.28. The minimum Gasteiger partial charge on any atom is -0.508 e. The molecule has 0 aromatic heterocycles. The van der Waals surface area contributed by atoms with Gasteiger partial charge in [-0.15, -0.1) is 11.8 Å². The Morgan fingerprint density at radius 1 is 0.889 bits per heavy atom. The molecule has 0 radical (unpaired) electrons. The van der Waals surface area contributed by atoms with Crippen LogP contribution in [0.1, 0.15) is 41.7 Å². The number of phenols is 2. The molecule has 1 fully saturated rings. The number of nitrogens with zero attached hydrogens (tertiary/aromatic N) is 1. The van der Waals surface area contributed by atoms with Gasteiger partial charge in [-0.05, 0) is 91.9 Å². The third-order valence-electron chi connectivity index (χ3n) is 7.06. The molecule has 0 amide bonds. The number of ether oxygens (including phenoxy) is 2. The first kappa shape index (κ1) is 24.8. The first-order chi connectivity index (χ1) is 17.6. The van der Waals surface area contributed by atoms with Crippen molar-refractivity contribution in [2.75, 3.05) is 32.8 Å². The van der Waals surface area contributed by atoms with Crippen LogP contribution in [0.5, 0.6) is 23.0 Å². The molecule has 0 aliphatic carbocycles. The van der Waals surface area contributed by atoms with Crippen molar-refractivity contribution >= 4 is 11.8 Å². The van der Waals surface area contributed by atoms with Crippen LogP contribution in [0.15, 0.2) is 71.6 Å². The van der Waals surface area contributed by atoms with Gasteiger partial charge in [-0.2, -0.15) is 0 Å². The third kappa shape index (κ3) is 5.91. The molecule has 3 N–H and O–H groups in total. The van der Waals surface area contributed by atoms with Gasteiger partial charge < -0.3 is 24.8 Å².